The van der Waals surface area contributed by atoms with E-state index in [9.17, 15) is 18.5 Å². The fourth-order valence-corrected chi connectivity index (χ4v) is 4.74. The van der Waals surface area contributed by atoms with E-state index in [1.807, 2.05) is 6.92 Å². The highest BCUT2D eigenvalue weighted by molar-refractivity contribution is 7.89. The maximum absolute atomic E-state index is 12.7. The van der Waals surface area contributed by atoms with Crippen LogP contribution in [0, 0.1) is 29.9 Å². The van der Waals surface area contributed by atoms with E-state index in [0.29, 0.717) is 11.1 Å². The summed E-state index contributed by atoms with van der Waals surface area (Å²) < 4.78 is 28.1. The van der Waals surface area contributed by atoms with Crippen molar-refractivity contribution < 1.29 is 13.3 Å². The van der Waals surface area contributed by atoms with Crippen molar-refractivity contribution in [1.29, 1.82) is 0 Å². The molecule has 2 atom stereocenters. The molecule has 7 nitrogen and oxygen atoms in total. The van der Waals surface area contributed by atoms with Gasteiger partial charge in [0.05, 0.1) is 9.82 Å². The zero-order chi connectivity index (χ0) is 16.5. The highest BCUT2D eigenvalue weighted by Gasteiger charge is 2.29. The molecule has 1 aromatic rings. The predicted octanol–water partition coefficient (Wildman–Crippen LogP) is 1.91. The van der Waals surface area contributed by atoms with E-state index in [4.69, 9.17) is 0 Å². The summed E-state index contributed by atoms with van der Waals surface area (Å²) in [6, 6.07) is 2.47. The second kappa shape index (κ2) is 7.57. The molecular formula is C14H22ClN3O4S. The Hall–Kier alpha value is -1.22. The first-order valence-corrected chi connectivity index (χ1v) is 8.69. The normalized spacial score (nSPS) is 21.5. The average molecular weight is 364 g/mol. The lowest BCUT2D eigenvalue weighted by Gasteiger charge is -2.30. The van der Waals surface area contributed by atoms with E-state index in [0.717, 1.165) is 19.5 Å². The number of benzene rings is 1. The molecule has 9 heteroatoms. The minimum atomic E-state index is -3.70. The monoisotopic (exact) mass is 363 g/mol. The lowest BCUT2D eigenvalue weighted by molar-refractivity contribution is -0.385. The van der Waals surface area contributed by atoms with Gasteiger partial charge in [0, 0.05) is 18.2 Å². The lowest BCUT2D eigenvalue weighted by Crippen LogP contribution is -2.48. The molecule has 0 radical (unpaired) electrons. The Morgan fingerprint density at radius 2 is 1.87 bits per heavy atom. The topological polar surface area (TPSA) is 101 Å². The molecule has 0 amide bonds. The number of halogens is 1. The molecule has 2 N–H and O–H groups in total. The highest BCUT2D eigenvalue weighted by Crippen LogP contribution is 2.26. The van der Waals surface area contributed by atoms with Gasteiger partial charge in [-0.2, -0.15) is 0 Å². The Balaban J connectivity index is 0.00000264. The van der Waals surface area contributed by atoms with Crippen molar-refractivity contribution in [1.82, 2.24) is 10.0 Å². The number of piperidine rings is 1. The van der Waals surface area contributed by atoms with Gasteiger partial charge in [0.1, 0.15) is 0 Å². The fraction of sp³-hybridized carbons (Fsp3) is 0.571. The first kappa shape index (κ1) is 19.8. The van der Waals surface area contributed by atoms with E-state index in [1.54, 1.807) is 13.8 Å². The zero-order valence-electron chi connectivity index (χ0n) is 13.3. The van der Waals surface area contributed by atoms with Crippen LogP contribution in [0.1, 0.15) is 24.5 Å². The molecule has 0 aromatic heterocycles. The Labute approximate surface area is 142 Å². The van der Waals surface area contributed by atoms with Gasteiger partial charge in [-0.1, -0.05) is 6.92 Å². The third-order valence-electron chi connectivity index (χ3n) is 4.02. The molecular weight excluding hydrogens is 342 g/mol. The van der Waals surface area contributed by atoms with Gasteiger partial charge in [0.25, 0.3) is 5.69 Å². The summed E-state index contributed by atoms with van der Waals surface area (Å²) in [5, 5.41) is 14.1. The number of rotatable bonds is 4. The smallest absolute Gasteiger partial charge is 0.270 e. The summed E-state index contributed by atoms with van der Waals surface area (Å²) in [5.41, 5.74) is 0.686. The van der Waals surface area contributed by atoms with Gasteiger partial charge in [-0.15, -0.1) is 12.4 Å². The van der Waals surface area contributed by atoms with Crippen LogP contribution in [0.4, 0.5) is 5.69 Å². The van der Waals surface area contributed by atoms with Gasteiger partial charge in [-0.3, -0.25) is 10.1 Å². The van der Waals surface area contributed by atoms with Crippen LogP contribution >= 0.6 is 12.4 Å². The summed E-state index contributed by atoms with van der Waals surface area (Å²) in [4.78, 5) is 10.5. The molecule has 0 aliphatic carbocycles. The Morgan fingerprint density at radius 3 is 2.35 bits per heavy atom. The molecule has 1 aliphatic rings. The first-order valence-electron chi connectivity index (χ1n) is 7.21. The maximum Gasteiger partial charge on any atom is 0.270 e. The number of nitro benzene ring substituents is 1. The van der Waals surface area contributed by atoms with Crippen LogP contribution in [0.3, 0.4) is 0 Å². The SMILES string of the molecule is Cc1cc([N+](=O)[O-])cc(C)c1S(=O)(=O)NC1CCNCC1C.Cl. The lowest BCUT2D eigenvalue weighted by atomic mass is 9.97. The molecule has 1 aliphatic heterocycles. The van der Waals surface area contributed by atoms with Crippen LogP contribution in [0.2, 0.25) is 0 Å². The molecule has 130 valence electrons. The van der Waals surface area contributed by atoms with E-state index in [2.05, 4.69) is 10.0 Å². The minimum Gasteiger partial charge on any atom is -0.316 e. The third-order valence-corrected chi connectivity index (χ3v) is 5.81. The van der Waals surface area contributed by atoms with E-state index in [1.165, 1.54) is 12.1 Å². The molecule has 1 aromatic carbocycles. The Bertz CT molecular complexity index is 670. The van der Waals surface area contributed by atoms with Crippen molar-refractivity contribution in [2.45, 2.75) is 38.1 Å². The number of hydrogen-bond acceptors (Lipinski definition) is 5. The van der Waals surface area contributed by atoms with Crippen molar-refractivity contribution in [3.8, 4) is 0 Å². The molecule has 1 heterocycles. The van der Waals surface area contributed by atoms with E-state index < -0.39 is 14.9 Å². The minimum absolute atomic E-state index is 0. The van der Waals surface area contributed by atoms with Crippen LogP contribution in [0.15, 0.2) is 17.0 Å². The molecule has 23 heavy (non-hydrogen) atoms. The third kappa shape index (κ3) is 4.41. The summed E-state index contributed by atoms with van der Waals surface area (Å²) >= 11 is 0. The largest absolute Gasteiger partial charge is 0.316 e. The molecule has 0 bridgehead atoms. The van der Waals surface area contributed by atoms with Crippen LogP contribution < -0.4 is 10.0 Å². The summed E-state index contributed by atoms with van der Waals surface area (Å²) in [6.45, 7) is 6.71. The number of hydrogen-bond donors (Lipinski definition) is 2. The van der Waals surface area contributed by atoms with Crippen molar-refractivity contribution in [2.24, 2.45) is 5.92 Å². The quantitative estimate of drug-likeness (QED) is 0.628. The van der Waals surface area contributed by atoms with Crippen LogP contribution in [-0.2, 0) is 10.0 Å². The summed E-state index contributed by atoms with van der Waals surface area (Å²) in [7, 11) is -3.70. The molecule has 0 saturated carbocycles. The van der Waals surface area contributed by atoms with Crippen LogP contribution in [0.5, 0.6) is 0 Å². The summed E-state index contributed by atoms with van der Waals surface area (Å²) in [6.07, 6.45) is 0.728. The number of nitro groups is 1. The van der Waals surface area contributed by atoms with Gasteiger partial charge >= 0.3 is 0 Å². The van der Waals surface area contributed by atoms with Crippen molar-refractivity contribution in [3.63, 3.8) is 0 Å². The van der Waals surface area contributed by atoms with Crippen molar-refractivity contribution in [3.05, 3.63) is 33.4 Å². The predicted molar refractivity (Wildman–Crippen MR) is 90.6 cm³/mol. The van der Waals surface area contributed by atoms with Crippen molar-refractivity contribution >= 4 is 28.1 Å². The van der Waals surface area contributed by atoms with Gasteiger partial charge < -0.3 is 5.32 Å². The van der Waals surface area contributed by atoms with E-state index >= 15 is 0 Å². The second-order valence-electron chi connectivity index (χ2n) is 5.86. The van der Waals surface area contributed by atoms with E-state index in [-0.39, 0.29) is 34.9 Å². The number of sulfonamides is 1. The number of nitrogens with zero attached hydrogens (tertiary/aromatic N) is 1. The Kier molecular flexibility index (Phi) is 6.52. The number of non-ortho nitro benzene ring substituents is 1. The summed E-state index contributed by atoms with van der Waals surface area (Å²) in [5.74, 6) is 0.196. The average Bonchev–Trinajstić information content (AvgIpc) is 2.39. The fourth-order valence-electron chi connectivity index (χ4n) is 2.90. The zero-order valence-corrected chi connectivity index (χ0v) is 15.0. The van der Waals surface area contributed by atoms with Crippen molar-refractivity contribution in [2.75, 3.05) is 13.1 Å². The van der Waals surface area contributed by atoms with Gasteiger partial charge in [-0.25, -0.2) is 13.1 Å². The highest BCUT2D eigenvalue weighted by atomic mass is 35.5. The van der Waals surface area contributed by atoms with Gasteiger partial charge in [0.15, 0.2) is 0 Å². The van der Waals surface area contributed by atoms with Gasteiger partial charge in [0.2, 0.25) is 10.0 Å². The van der Waals surface area contributed by atoms with Crippen LogP contribution in [0.25, 0.3) is 0 Å². The molecule has 0 spiro atoms. The Morgan fingerprint density at radius 1 is 1.30 bits per heavy atom. The number of aryl methyl sites for hydroxylation is 2. The van der Waals surface area contributed by atoms with Crippen LogP contribution in [-0.4, -0.2) is 32.5 Å². The number of nitrogens with one attached hydrogen (secondary N) is 2. The first-order chi connectivity index (χ1) is 10.2. The standard InChI is InChI=1S/C14H21N3O4S.ClH/c1-9-6-12(17(18)19)7-10(2)14(9)22(20,21)16-13-4-5-15-8-11(13)3;/h6-7,11,13,15-16H,4-5,8H2,1-3H3;1H. The molecule has 2 unspecified atom stereocenters. The second-order valence-corrected chi connectivity index (χ2v) is 7.51. The molecule has 1 saturated heterocycles. The van der Waals surface area contributed by atoms with Gasteiger partial charge in [-0.05, 0) is 50.4 Å². The molecule has 1 fully saturated rings. The maximum atomic E-state index is 12.7. The molecule has 2 rings (SSSR count).